The number of benzene rings is 1. The number of nitrogens with two attached hydrogens (primary N) is 1. The highest BCUT2D eigenvalue weighted by Crippen LogP contribution is 2.17. The van der Waals surface area contributed by atoms with Crippen LogP contribution in [0.1, 0.15) is 31.7 Å². The molecule has 13 heteroatoms. The summed E-state index contributed by atoms with van der Waals surface area (Å²) in [5.74, 6) is 2.97. The molecule has 1 rings (SSSR count). The van der Waals surface area contributed by atoms with Crippen molar-refractivity contribution in [1.29, 1.82) is 0 Å². The first-order valence-electron chi connectivity index (χ1n) is 14.3. The molecule has 3 N–H and O–H groups in total. The largest absolute Gasteiger partial charge is 0.369 e. The predicted octanol–water partition coefficient (Wildman–Crippen LogP) is 1.06. The smallest absolute Gasteiger partial charge is 0.243 e. The van der Waals surface area contributed by atoms with E-state index in [1.54, 1.807) is 0 Å². The van der Waals surface area contributed by atoms with Gasteiger partial charge in [-0.15, -0.1) is 36.0 Å². The zero-order valence-electron chi connectivity index (χ0n) is 25.2. The molecule has 0 spiro atoms. The Balaban J connectivity index is 2.65. The highest BCUT2D eigenvalue weighted by Gasteiger charge is 2.25. The van der Waals surface area contributed by atoms with Crippen LogP contribution < -0.4 is 16.0 Å². The van der Waals surface area contributed by atoms with E-state index in [2.05, 4.69) is 22.1 Å². The van der Waals surface area contributed by atoms with Gasteiger partial charge in [0.2, 0.25) is 29.5 Å². The second-order valence-electron chi connectivity index (χ2n) is 9.85. The Labute approximate surface area is 270 Å². The molecule has 11 nitrogen and oxygen atoms in total. The van der Waals surface area contributed by atoms with Gasteiger partial charge in [0.25, 0.3) is 0 Å². The van der Waals surface area contributed by atoms with Gasteiger partial charge in [-0.2, -0.15) is 0 Å². The normalized spacial score (nSPS) is 10.2. The van der Waals surface area contributed by atoms with Crippen molar-refractivity contribution in [1.82, 2.24) is 20.0 Å². The molecule has 0 aliphatic rings. The fourth-order valence-electron chi connectivity index (χ4n) is 4.24. The third kappa shape index (κ3) is 14.5. The van der Waals surface area contributed by atoms with Gasteiger partial charge in [-0.3, -0.25) is 24.0 Å². The highest BCUT2D eigenvalue weighted by molar-refractivity contribution is 6.18. The van der Waals surface area contributed by atoms with Gasteiger partial charge in [0.05, 0.1) is 26.2 Å². The summed E-state index contributed by atoms with van der Waals surface area (Å²) in [5, 5.41) is 2.59. The van der Waals surface area contributed by atoms with Crippen molar-refractivity contribution in [3.63, 3.8) is 0 Å². The second kappa shape index (κ2) is 21.7. The minimum absolute atomic E-state index is 0.146. The predicted molar refractivity (Wildman–Crippen MR) is 173 cm³/mol. The van der Waals surface area contributed by atoms with Gasteiger partial charge in [0, 0.05) is 43.5 Å². The third-order valence-corrected chi connectivity index (χ3v) is 6.77. The topological polar surface area (TPSA) is 136 Å². The molecule has 240 valence electrons. The van der Waals surface area contributed by atoms with Crippen molar-refractivity contribution in [3.05, 3.63) is 29.8 Å². The Bertz CT molecular complexity index is 1180. The Morgan fingerprint density at radius 1 is 0.818 bits per heavy atom. The molecule has 0 saturated carbocycles. The fraction of sp³-hybridized carbons (Fsp3) is 0.516. The molecule has 0 aromatic heterocycles. The summed E-state index contributed by atoms with van der Waals surface area (Å²) in [4.78, 5) is 67.9. The first kappa shape index (κ1) is 38.1. The van der Waals surface area contributed by atoms with E-state index in [1.165, 1.54) is 4.90 Å². The van der Waals surface area contributed by atoms with Gasteiger partial charge in [-0.05, 0) is 37.0 Å². The molecule has 0 saturated heterocycles. The number of halogens is 2. The Kier molecular flexibility index (Phi) is 18.8. The lowest BCUT2D eigenvalue weighted by Crippen LogP contribution is -2.50. The van der Waals surface area contributed by atoms with Crippen LogP contribution in [0.3, 0.4) is 0 Å². The van der Waals surface area contributed by atoms with Crippen molar-refractivity contribution in [2.24, 2.45) is 5.73 Å². The molecule has 1 aromatic rings. The Hall–Kier alpha value is -3.93. The van der Waals surface area contributed by atoms with Crippen LogP contribution in [0.4, 0.5) is 5.69 Å². The number of carbonyl (C=O) groups excluding carboxylic acids is 5. The first-order chi connectivity index (χ1) is 21.1. The summed E-state index contributed by atoms with van der Waals surface area (Å²) in [6.45, 7) is 1.67. The van der Waals surface area contributed by atoms with Gasteiger partial charge in [0.15, 0.2) is 0 Å². The number of hydrogen-bond donors (Lipinski definition) is 2. The van der Waals surface area contributed by atoms with E-state index in [-0.39, 0.29) is 58.1 Å². The molecule has 0 fully saturated rings. The summed E-state index contributed by atoms with van der Waals surface area (Å²) >= 11 is 11.8. The number of carbonyl (C=O) groups is 5. The molecule has 0 heterocycles. The maximum atomic E-state index is 13.1. The van der Waals surface area contributed by atoms with E-state index in [4.69, 9.17) is 41.8 Å². The lowest BCUT2D eigenvalue weighted by atomic mass is 10.1. The summed E-state index contributed by atoms with van der Waals surface area (Å²) in [7, 11) is 0. The maximum Gasteiger partial charge on any atom is 0.243 e. The van der Waals surface area contributed by atoms with E-state index >= 15 is 0 Å². The number of alkyl halides is 2. The second-order valence-corrected chi connectivity index (χ2v) is 10.6. The summed E-state index contributed by atoms with van der Waals surface area (Å²) in [6.07, 6.45) is 12.7. The van der Waals surface area contributed by atoms with E-state index in [0.29, 0.717) is 44.1 Å². The molecule has 0 aliphatic carbocycles. The minimum atomic E-state index is -0.739. The molecule has 1 aromatic carbocycles. The van der Waals surface area contributed by atoms with Crippen LogP contribution in [0.15, 0.2) is 24.3 Å². The Morgan fingerprint density at radius 3 is 1.89 bits per heavy atom. The fourth-order valence-corrected chi connectivity index (χ4v) is 4.64. The summed E-state index contributed by atoms with van der Waals surface area (Å²) < 4.78 is 0. The van der Waals surface area contributed by atoms with E-state index in [9.17, 15) is 24.0 Å². The number of amides is 5. The Morgan fingerprint density at radius 2 is 1.36 bits per heavy atom. The number of rotatable bonds is 21. The number of nitrogens with zero attached hydrogens (tertiary/aromatic N) is 4. The van der Waals surface area contributed by atoms with Crippen molar-refractivity contribution in [3.8, 4) is 24.7 Å². The molecule has 0 bridgehead atoms. The number of hydrogen-bond acceptors (Lipinski definition) is 6. The van der Waals surface area contributed by atoms with Crippen LogP contribution in [-0.4, -0.2) is 115 Å². The van der Waals surface area contributed by atoms with Gasteiger partial charge < -0.3 is 30.7 Å². The lowest BCUT2D eigenvalue weighted by molar-refractivity contribution is -0.144. The summed E-state index contributed by atoms with van der Waals surface area (Å²) in [6, 6.07) is 8.00. The first-order valence-corrected chi connectivity index (χ1v) is 15.4. The third-order valence-electron chi connectivity index (χ3n) is 6.43. The summed E-state index contributed by atoms with van der Waals surface area (Å²) in [5.41, 5.74) is 7.29. The molecule has 0 atom stereocenters. The molecule has 44 heavy (non-hydrogen) atoms. The number of nitrogens with one attached hydrogen (secondary N) is 1. The monoisotopic (exact) mass is 648 g/mol. The van der Waals surface area contributed by atoms with Gasteiger partial charge in [-0.1, -0.05) is 30.9 Å². The number of terminal acetylenes is 2. The van der Waals surface area contributed by atoms with Crippen LogP contribution in [0, 0.1) is 24.7 Å². The SMILES string of the molecule is C#CCN(CC(N)=O)C(=O)CN(CCC)C(=O)CN(CC#C)C(=O)CNC(=O)CCCc1ccc(N(CCCl)CCCl)cc1. The van der Waals surface area contributed by atoms with Gasteiger partial charge in [-0.25, -0.2) is 0 Å². The van der Waals surface area contributed by atoms with Gasteiger partial charge in [0.1, 0.15) is 13.1 Å². The number of anilines is 1. The number of aryl methyl sites for hydroxylation is 1. The van der Waals surface area contributed by atoms with E-state index in [1.807, 2.05) is 31.2 Å². The lowest BCUT2D eigenvalue weighted by Gasteiger charge is -2.28. The molecule has 0 radical (unpaired) electrons. The standard InChI is InChI=1S/C31H42Cl2N6O5/c1-4-16-37(22-27(34)40)30(43)24-39(18-6-3)31(44)23-38(17-5-2)29(42)21-35-28(41)9-7-8-25-10-12-26(13-11-25)36(19-14-32)20-15-33/h1-2,10-13H,6-9,14-24H2,3H3,(H2,34,40)(H,35,41). The molecule has 0 unspecified atom stereocenters. The molecular weight excluding hydrogens is 607 g/mol. The van der Waals surface area contributed by atoms with Crippen LogP contribution in [0.25, 0.3) is 0 Å². The van der Waals surface area contributed by atoms with Crippen molar-refractivity contribution < 1.29 is 24.0 Å². The average Bonchev–Trinajstić information content (AvgIpc) is 2.99. The van der Waals surface area contributed by atoms with E-state index in [0.717, 1.165) is 21.1 Å². The van der Waals surface area contributed by atoms with Crippen LogP contribution >= 0.6 is 23.2 Å². The minimum Gasteiger partial charge on any atom is -0.369 e. The van der Waals surface area contributed by atoms with Crippen molar-refractivity contribution in [2.45, 2.75) is 32.6 Å². The van der Waals surface area contributed by atoms with Crippen LogP contribution in [0.5, 0.6) is 0 Å². The maximum absolute atomic E-state index is 13.1. The van der Waals surface area contributed by atoms with E-state index < -0.39 is 23.6 Å². The molecule has 5 amide bonds. The van der Waals surface area contributed by atoms with Crippen LogP contribution in [0.2, 0.25) is 0 Å². The van der Waals surface area contributed by atoms with Crippen molar-refractivity contribution >= 4 is 58.4 Å². The zero-order chi connectivity index (χ0) is 32.9. The molecule has 0 aliphatic heterocycles. The highest BCUT2D eigenvalue weighted by atomic mass is 35.5. The van der Waals surface area contributed by atoms with Gasteiger partial charge >= 0.3 is 0 Å². The quantitative estimate of drug-likeness (QED) is 0.151. The van der Waals surface area contributed by atoms with Crippen LogP contribution in [-0.2, 0) is 30.4 Å². The zero-order valence-corrected chi connectivity index (χ0v) is 26.7. The van der Waals surface area contributed by atoms with Crippen molar-refractivity contribution in [2.75, 3.05) is 75.6 Å². The average molecular weight is 650 g/mol. The molecular formula is C31H42Cl2N6O5. The number of primary amides is 1.